The number of piperidine rings is 1. The predicted octanol–water partition coefficient (Wildman–Crippen LogP) is 2.62. The molecule has 0 aromatic heterocycles. The van der Waals surface area contributed by atoms with E-state index in [4.69, 9.17) is 9.47 Å². The Kier molecular flexibility index (Phi) is 13.7. The molecule has 0 amide bonds. The Morgan fingerprint density at radius 2 is 2.04 bits per heavy atom. The van der Waals surface area contributed by atoms with Crippen molar-refractivity contribution < 1.29 is 9.47 Å². The van der Waals surface area contributed by atoms with Crippen LogP contribution in [0, 0.1) is 0 Å². The van der Waals surface area contributed by atoms with Crippen LogP contribution in [-0.4, -0.2) is 76.1 Å². The first-order chi connectivity index (χ1) is 12.3. The van der Waals surface area contributed by atoms with E-state index in [1.807, 2.05) is 7.05 Å². The van der Waals surface area contributed by atoms with Crippen molar-refractivity contribution in [2.45, 2.75) is 64.0 Å². The molecule has 2 heterocycles. The van der Waals surface area contributed by atoms with Crippen LogP contribution < -0.4 is 10.6 Å². The Balaban J connectivity index is 0.00000338. The van der Waals surface area contributed by atoms with Gasteiger partial charge in [-0.2, -0.15) is 0 Å². The summed E-state index contributed by atoms with van der Waals surface area (Å²) >= 11 is 0. The molecule has 2 atom stereocenters. The van der Waals surface area contributed by atoms with E-state index in [1.165, 1.54) is 38.6 Å². The van der Waals surface area contributed by atoms with Crippen LogP contribution in [0.2, 0.25) is 0 Å². The summed E-state index contributed by atoms with van der Waals surface area (Å²) in [7, 11) is 1.83. The van der Waals surface area contributed by atoms with E-state index >= 15 is 0 Å². The Bertz CT molecular complexity index is 379. The Labute approximate surface area is 176 Å². The smallest absolute Gasteiger partial charge is 0.191 e. The van der Waals surface area contributed by atoms with E-state index in [1.54, 1.807) is 0 Å². The highest BCUT2D eigenvalue weighted by Crippen LogP contribution is 2.18. The molecule has 2 rings (SSSR count). The average Bonchev–Trinajstić information content (AvgIpc) is 3.16. The summed E-state index contributed by atoms with van der Waals surface area (Å²) in [5.41, 5.74) is 0. The normalized spacial score (nSPS) is 24.3. The summed E-state index contributed by atoms with van der Waals surface area (Å²) in [5.74, 6) is 0.893. The van der Waals surface area contributed by atoms with E-state index in [-0.39, 0.29) is 24.0 Å². The molecule has 0 spiro atoms. The highest BCUT2D eigenvalue weighted by molar-refractivity contribution is 14.0. The van der Waals surface area contributed by atoms with Gasteiger partial charge in [0.25, 0.3) is 0 Å². The molecule has 2 fully saturated rings. The van der Waals surface area contributed by atoms with E-state index in [0.717, 1.165) is 64.3 Å². The Hall–Kier alpha value is -0.120. The number of nitrogens with zero attached hydrogens (tertiary/aromatic N) is 2. The maximum atomic E-state index is 5.69. The van der Waals surface area contributed by atoms with Gasteiger partial charge in [-0.3, -0.25) is 9.89 Å². The van der Waals surface area contributed by atoms with Gasteiger partial charge in [0, 0.05) is 45.9 Å². The molecule has 0 bridgehead atoms. The SMILES string of the molecule is CCC1CCCCN1CCNC(=NC)NCCCOCC1CCCO1.I. The van der Waals surface area contributed by atoms with Crippen LogP contribution in [0.1, 0.15) is 51.9 Å². The van der Waals surface area contributed by atoms with Gasteiger partial charge in [0.2, 0.25) is 0 Å². The summed E-state index contributed by atoms with van der Waals surface area (Å²) in [6.45, 7) is 8.89. The van der Waals surface area contributed by atoms with Gasteiger partial charge in [-0.15, -0.1) is 24.0 Å². The van der Waals surface area contributed by atoms with Crippen molar-refractivity contribution in [3.05, 3.63) is 0 Å². The monoisotopic (exact) mass is 482 g/mol. The summed E-state index contributed by atoms with van der Waals surface area (Å²) < 4.78 is 11.2. The summed E-state index contributed by atoms with van der Waals surface area (Å²) in [6, 6.07) is 0.770. The quantitative estimate of drug-likeness (QED) is 0.217. The highest BCUT2D eigenvalue weighted by Gasteiger charge is 2.20. The third-order valence-electron chi connectivity index (χ3n) is 5.22. The molecule has 7 heteroatoms. The first kappa shape index (κ1) is 23.9. The number of halogens is 1. The predicted molar refractivity (Wildman–Crippen MR) is 119 cm³/mol. The largest absolute Gasteiger partial charge is 0.379 e. The van der Waals surface area contributed by atoms with Crippen LogP contribution in [0.15, 0.2) is 4.99 Å². The van der Waals surface area contributed by atoms with Gasteiger partial charge >= 0.3 is 0 Å². The van der Waals surface area contributed by atoms with E-state index in [2.05, 4.69) is 27.4 Å². The van der Waals surface area contributed by atoms with Crippen LogP contribution in [0.4, 0.5) is 0 Å². The standard InChI is InChI=1S/C19H38N4O2.HI/c1-3-17-8-4-5-12-23(17)13-11-22-19(20-2)21-10-7-14-24-16-18-9-6-15-25-18;/h17-18H,3-16H2,1-2H3,(H2,20,21,22);1H. The number of hydrogen-bond acceptors (Lipinski definition) is 4. The molecule has 0 aromatic carbocycles. The minimum atomic E-state index is 0. The molecule has 26 heavy (non-hydrogen) atoms. The number of ether oxygens (including phenoxy) is 2. The maximum Gasteiger partial charge on any atom is 0.191 e. The van der Waals surface area contributed by atoms with Crippen molar-refractivity contribution in [1.82, 2.24) is 15.5 Å². The lowest BCUT2D eigenvalue weighted by atomic mass is 10.0. The molecule has 0 radical (unpaired) electrons. The third kappa shape index (κ3) is 9.19. The number of hydrogen-bond donors (Lipinski definition) is 2. The number of likely N-dealkylation sites (tertiary alicyclic amines) is 1. The van der Waals surface area contributed by atoms with Gasteiger partial charge in [0.1, 0.15) is 0 Å². The molecular formula is C19H39IN4O2. The number of guanidine groups is 1. The van der Waals surface area contributed by atoms with Crippen LogP contribution in [-0.2, 0) is 9.47 Å². The molecule has 2 N–H and O–H groups in total. The lowest BCUT2D eigenvalue weighted by Crippen LogP contribution is -2.46. The van der Waals surface area contributed by atoms with Gasteiger partial charge in [-0.1, -0.05) is 13.3 Å². The van der Waals surface area contributed by atoms with Crippen LogP contribution in [0.25, 0.3) is 0 Å². The fourth-order valence-electron chi connectivity index (χ4n) is 3.73. The first-order valence-corrected chi connectivity index (χ1v) is 10.2. The molecule has 2 saturated heterocycles. The van der Waals surface area contributed by atoms with Crippen LogP contribution >= 0.6 is 24.0 Å². The van der Waals surface area contributed by atoms with Gasteiger partial charge < -0.3 is 20.1 Å². The second kappa shape index (κ2) is 14.9. The fraction of sp³-hybridized carbons (Fsp3) is 0.947. The molecular weight excluding hydrogens is 443 g/mol. The zero-order valence-corrected chi connectivity index (χ0v) is 19.0. The van der Waals surface area contributed by atoms with Gasteiger partial charge in [-0.25, -0.2) is 0 Å². The average molecular weight is 482 g/mol. The van der Waals surface area contributed by atoms with Crippen molar-refractivity contribution >= 4 is 29.9 Å². The van der Waals surface area contributed by atoms with E-state index in [9.17, 15) is 0 Å². The fourth-order valence-corrected chi connectivity index (χ4v) is 3.73. The van der Waals surface area contributed by atoms with E-state index in [0.29, 0.717) is 6.10 Å². The topological polar surface area (TPSA) is 58.1 Å². The van der Waals surface area contributed by atoms with Crippen LogP contribution in [0.3, 0.4) is 0 Å². The zero-order chi connectivity index (χ0) is 17.7. The van der Waals surface area contributed by atoms with Crippen LogP contribution in [0.5, 0.6) is 0 Å². The Morgan fingerprint density at radius 1 is 1.19 bits per heavy atom. The highest BCUT2D eigenvalue weighted by atomic mass is 127. The first-order valence-electron chi connectivity index (χ1n) is 10.2. The van der Waals surface area contributed by atoms with Crippen molar-refractivity contribution in [2.24, 2.45) is 4.99 Å². The second-order valence-electron chi connectivity index (χ2n) is 7.08. The number of aliphatic imine (C=N–C) groups is 1. The maximum absolute atomic E-state index is 5.69. The number of nitrogens with one attached hydrogen (secondary N) is 2. The molecule has 0 aliphatic carbocycles. The second-order valence-corrected chi connectivity index (χ2v) is 7.08. The van der Waals surface area contributed by atoms with Gasteiger partial charge in [0.05, 0.1) is 12.7 Å². The van der Waals surface area contributed by atoms with E-state index < -0.39 is 0 Å². The molecule has 2 aliphatic rings. The molecule has 2 unspecified atom stereocenters. The van der Waals surface area contributed by atoms with Crippen molar-refractivity contribution in [2.75, 3.05) is 53.0 Å². The summed E-state index contributed by atoms with van der Waals surface area (Å²) in [6.07, 6.45) is 8.98. The zero-order valence-electron chi connectivity index (χ0n) is 16.7. The molecule has 0 aromatic rings. The minimum Gasteiger partial charge on any atom is -0.379 e. The Morgan fingerprint density at radius 3 is 2.77 bits per heavy atom. The van der Waals surface area contributed by atoms with Crippen molar-refractivity contribution in [3.8, 4) is 0 Å². The van der Waals surface area contributed by atoms with Gasteiger partial charge in [0.15, 0.2) is 5.96 Å². The summed E-state index contributed by atoms with van der Waals surface area (Å²) in [5, 5.41) is 6.80. The minimum absolute atomic E-state index is 0. The molecule has 6 nitrogen and oxygen atoms in total. The molecule has 2 aliphatic heterocycles. The van der Waals surface area contributed by atoms with Crippen molar-refractivity contribution in [3.63, 3.8) is 0 Å². The molecule has 154 valence electrons. The summed E-state index contributed by atoms with van der Waals surface area (Å²) in [4.78, 5) is 6.93. The molecule has 0 saturated carbocycles. The number of rotatable bonds is 10. The van der Waals surface area contributed by atoms with Gasteiger partial charge in [-0.05, 0) is 45.1 Å². The van der Waals surface area contributed by atoms with Crippen molar-refractivity contribution in [1.29, 1.82) is 0 Å². The lowest BCUT2D eigenvalue weighted by Gasteiger charge is -2.35. The lowest BCUT2D eigenvalue weighted by molar-refractivity contribution is 0.0168. The third-order valence-corrected chi connectivity index (χ3v) is 5.22.